The molecule has 0 saturated heterocycles. The average molecular weight is 403 g/mol. The van der Waals surface area contributed by atoms with Crippen LogP contribution in [0.3, 0.4) is 0 Å². The highest BCUT2D eigenvalue weighted by Gasteiger charge is 2.34. The third-order valence-corrected chi connectivity index (χ3v) is 3.90. The van der Waals surface area contributed by atoms with E-state index in [1.54, 1.807) is 38.1 Å². The second kappa shape index (κ2) is 9.10. The van der Waals surface area contributed by atoms with E-state index in [-0.39, 0.29) is 24.8 Å². The lowest BCUT2D eigenvalue weighted by molar-refractivity contribution is -0.139. The normalized spacial score (nSPS) is 14.4. The van der Waals surface area contributed by atoms with Crippen molar-refractivity contribution >= 4 is 18.3 Å². The maximum absolute atomic E-state index is 13.0. The van der Waals surface area contributed by atoms with E-state index in [4.69, 9.17) is 10.5 Å². The van der Waals surface area contributed by atoms with Crippen molar-refractivity contribution in [1.29, 1.82) is 0 Å². The molecule has 0 spiro atoms. The molecule has 4 nitrogen and oxygen atoms in total. The Bertz CT molecular complexity index is 752. The Morgan fingerprint density at radius 3 is 2.26 bits per heavy atom. The van der Waals surface area contributed by atoms with Crippen LogP contribution < -0.4 is 15.8 Å². The lowest BCUT2D eigenvalue weighted by Gasteiger charge is -2.26. The Morgan fingerprint density at radius 2 is 1.67 bits per heavy atom. The van der Waals surface area contributed by atoms with Crippen molar-refractivity contribution in [2.45, 2.75) is 31.6 Å². The fourth-order valence-electron chi connectivity index (χ4n) is 2.37. The quantitative estimate of drug-likeness (QED) is 0.770. The van der Waals surface area contributed by atoms with E-state index in [0.29, 0.717) is 5.56 Å². The highest BCUT2D eigenvalue weighted by molar-refractivity contribution is 5.87. The van der Waals surface area contributed by atoms with Crippen LogP contribution in [0.5, 0.6) is 5.75 Å². The molecule has 1 amide bonds. The van der Waals surface area contributed by atoms with Crippen LogP contribution in [0.1, 0.15) is 25.0 Å². The summed E-state index contributed by atoms with van der Waals surface area (Å²) in [5.41, 5.74) is 4.63. The van der Waals surface area contributed by atoms with E-state index in [0.717, 1.165) is 6.07 Å². The molecule has 2 unspecified atom stereocenters. The highest BCUT2D eigenvalue weighted by atomic mass is 35.5. The van der Waals surface area contributed by atoms with Crippen molar-refractivity contribution in [2.24, 2.45) is 5.73 Å². The predicted molar refractivity (Wildman–Crippen MR) is 99.8 cm³/mol. The summed E-state index contributed by atoms with van der Waals surface area (Å²) in [6.07, 6.45) is -4.51. The third kappa shape index (κ3) is 5.87. The van der Waals surface area contributed by atoms with Crippen LogP contribution in [0.15, 0.2) is 54.6 Å². The van der Waals surface area contributed by atoms with Crippen molar-refractivity contribution < 1.29 is 22.7 Å². The van der Waals surface area contributed by atoms with Crippen LogP contribution in [0.4, 0.5) is 13.2 Å². The number of carbonyl (C=O) groups excluding carboxylic acids is 1. The molecule has 0 aliphatic carbocycles. The van der Waals surface area contributed by atoms with Gasteiger partial charge in [-0.05, 0) is 31.5 Å². The van der Waals surface area contributed by atoms with Gasteiger partial charge in [0, 0.05) is 0 Å². The summed E-state index contributed by atoms with van der Waals surface area (Å²) in [5.74, 6) is -0.719. The fourth-order valence-corrected chi connectivity index (χ4v) is 2.37. The molecule has 2 aromatic rings. The topological polar surface area (TPSA) is 64.3 Å². The zero-order valence-electron chi connectivity index (χ0n) is 14.9. The number of carbonyl (C=O) groups is 1. The smallest absolute Gasteiger partial charge is 0.419 e. The molecule has 0 aromatic heterocycles. The van der Waals surface area contributed by atoms with Gasteiger partial charge in [0.25, 0.3) is 0 Å². The molecule has 0 bridgehead atoms. The number of para-hydroxylation sites is 1. The van der Waals surface area contributed by atoms with E-state index in [9.17, 15) is 18.0 Å². The number of hydrogen-bond acceptors (Lipinski definition) is 3. The Balaban J connectivity index is 0.00000364. The van der Waals surface area contributed by atoms with Gasteiger partial charge in [-0.15, -0.1) is 12.4 Å². The van der Waals surface area contributed by atoms with Gasteiger partial charge in [0.1, 0.15) is 17.9 Å². The standard InChI is InChI=1S/C19H21F3N2O2.ClH/c1-13(12-26-16-11-7-6-10-15(16)19(20,21)22)24-17(25)18(2,23)14-8-4-3-5-9-14;/h3-11,13H,12,23H2,1-2H3,(H,24,25);1H. The molecule has 0 aliphatic heterocycles. The average Bonchev–Trinajstić information content (AvgIpc) is 2.60. The number of nitrogens with one attached hydrogen (secondary N) is 1. The molecule has 0 fully saturated rings. The number of rotatable bonds is 6. The number of nitrogens with two attached hydrogens (primary N) is 1. The van der Waals surface area contributed by atoms with Crippen LogP contribution in [0.2, 0.25) is 0 Å². The van der Waals surface area contributed by atoms with Gasteiger partial charge in [-0.25, -0.2) is 0 Å². The summed E-state index contributed by atoms with van der Waals surface area (Å²) >= 11 is 0. The van der Waals surface area contributed by atoms with E-state index in [1.165, 1.54) is 18.2 Å². The van der Waals surface area contributed by atoms with E-state index in [2.05, 4.69) is 5.32 Å². The second-order valence-electron chi connectivity index (χ2n) is 6.25. The Morgan fingerprint density at radius 1 is 1.11 bits per heavy atom. The van der Waals surface area contributed by atoms with Crippen LogP contribution in [-0.2, 0) is 16.5 Å². The van der Waals surface area contributed by atoms with Gasteiger partial charge in [0.15, 0.2) is 0 Å². The Hall–Kier alpha value is -2.25. The molecule has 2 aromatic carbocycles. The van der Waals surface area contributed by atoms with Gasteiger partial charge in [-0.1, -0.05) is 42.5 Å². The first kappa shape index (κ1) is 22.8. The predicted octanol–water partition coefficient (Wildman–Crippen LogP) is 3.88. The fraction of sp³-hybridized carbons (Fsp3) is 0.316. The monoisotopic (exact) mass is 402 g/mol. The largest absolute Gasteiger partial charge is 0.491 e. The summed E-state index contributed by atoms with van der Waals surface area (Å²) in [7, 11) is 0. The number of alkyl halides is 3. The Kier molecular flexibility index (Phi) is 7.68. The molecule has 2 rings (SSSR count). The van der Waals surface area contributed by atoms with Gasteiger partial charge in [-0.3, -0.25) is 4.79 Å². The number of ether oxygens (including phenoxy) is 1. The lowest BCUT2D eigenvalue weighted by Crippen LogP contribution is -2.52. The first-order chi connectivity index (χ1) is 12.1. The summed E-state index contributed by atoms with van der Waals surface area (Å²) in [6.45, 7) is 3.09. The number of halogens is 4. The van der Waals surface area contributed by atoms with Gasteiger partial charge < -0.3 is 15.8 Å². The summed E-state index contributed by atoms with van der Waals surface area (Å²) in [6, 6.07) is 13.2. The van der Waals surface area contributed by atoms with E-state index < -0.39 is 29.2 Å². The minimum atomic E-state index is -4.51. The first-order valence-electron chi connectivity index (χ1n) is 8.06. The van der Waals surface area contributed by atoms with Gasteiger partial charge in [-0.2, -0.15) is 13.2 Å². The minimum Gasteiger partial charge on any atom is -0.491 e. The molecule has 27 heavy (non-hydrogen) atoms. The summed E-state index contributed by atoms with van der Waals surface area (Å²) < 4.78 is 44.2. The van der Waals surface area contributed by atoms with E-state index >= 15 is 0 Å². The third-order valence-electron chi connectivity index (χ3n) is 3.90. The van der Waals surface area contributed by atoms with Crippen LogP contribution in [0.25, 0.3) is 0 Å². The first-order valence-corrected chi connectivity index (χ1v) is 8.06. The van der Waals surface area contributed by atoms with Gasteiger partial charge >= 0.3 is 6.18 Å². The van der Waals surface area contributed by atoms with Crippen molar-refractivity contribution in [1.82, 2.24) is 5.32 Å². The van der Waals surface area contributed by atoms with Crippen molar-refractivity contribution in [3.63, 3.8) is 0 Å². The molecule has 0 heterocycles. The number of amides is 1. The van der Waals surface area contributed by atoms with Crippen LogP contribution in [0, 0.1) is 0 Å². The molecule has 3 N–H and O–H groups in total. The Labute approximate surface area is 162 Å². The van der Waals surface area contributed by atoms with Gasteiger partial charge in [0.05, 0.1) is 11.6 Å². The number of benzene rings is 2. The molecule has 0 radical (unpaired) electrons. The molecular formula is C19H22ClF3N2O2. The summed E-state index contributed by atoms with van der Waals surface area (Å²) in [5, 5.41) is 2.68. The maximum Gasteiger partial charge on any atom is 0.419 e. The minimum absolute atomic E-state index is 0. The lowest BCUT2D eigenvalue weighted by atomic mass is 9.92. The number of hydrogen-bond donors (Lipinski definition) is 2. The van der Waals surface area contributed by atoms with Crippen molar-refractivity contribution in [3.05, 3.63) is 65.7 Å². The van der Waals surface area contributed by atoms with Crippen LogP contribution in [-0.4, -0.2) is 18.6 Å². The second-order valence-corrected chi connectivity index (χ2v) is 6.25. The molecule has 8 heteroatoms. The summed E-state index contributed by atoms with van der Waals surface area (Å²) in [4.78, 5) is 12.4. The van der Waals surface area contributed by atoms with E-state index in [1.807, 2.05) is 6.07 Å². The zero-order chi connectivity index (χ0) is 19.4. The molecule has 0 saturated carbocycles. The molecule has 0 aliphatic rings. The zero-order valence-corrected chi connectivity index (χ0v) is 15.7. The SMILES string of the molecule is CC(COc1ccccc1C(F)(F)F)NC(=O)C(C)(N)c1ccccc1.Cl. The highest BCUT2D eigenvalue weighted by Crippen LogP contribution is 2.35. The van der Waals surface area contributed by atoms with Crippen LogP contribution >= 0.6 is 12.4 Å². The van der Waals surface area contributed by atoms with Crippen molar-refractivity contribution in [2.75, 3.05) is 6.61 Å². The van der Waals surface area contributed by atoms with Crippen molar-refractivity contribution in [3.8, 4) is 5.75 Å². The molecule has 148 valence electrons. The molecular weight excluding hydrogens is 381 g/mol. The van der Waals surface area contributed by atoms with Gasteiger partial charge in [0.2, 0.25) is 5.91 Å². The maximum atomic E-state index is 13.0. The molecule has 2 atom stereocenters.